The molecule has 4 rings (SSSR count). The van der Waals surface area contributed by atoms with E-state index in [2.05, 4.69) is 0 Å². The number of esters is 2. The van der Waals surface area contributed by atoms with Crippen molar-refractivity contribution in [2.24, 2.45) is 0 Å². The van der Waals surface area contributed by atoms with E-state index in [0.717, 1.165) is 0 Å². The largest absolute Gasteiger partial charge is 0.454 e. The number of sulfone groups is 1. The molecule has 0 unspecified atom stereocenters. The Morgan fingerprint density at radius 3 is 1.23 bits per heavy atom. The minimum atomic E-state index is -4.12. The fraction of sp³-hybridized carbons (Fsp3) is 0.0667. The zero-order chi connectivity index (χ0) is 27.8. The van der Waals surface area contributed by atoms with Gasteiger partial charge >= 0.3 is 11.9 Å². The van der Waals surface area contributed by atoms with Crippen LogP contribution in [0.2, 0.25) is 0 Å². The van der Waals surface area contributed by atoms with E-state index in [1.165, 1.54) is 48.5 Å². The molecule has 8 nitrogen and oxygen atoms in total. The van der Waals surface area contributed by atoms with E-state index in [-0.39, 0.29) is 32.0 Å². The van der Waals surface area contributed by atoms with Gasteiger partial charge in [0.25, 0.3) is 0 Å². The van der Waals surface area contributed by atoms with Crippen LogP contribution >= 0.6 is 0 Å². The number of hydrogen-bond acceptors (Lipinski definition) is 8. The highest BCUT2D eigenvalue weighted by atomic mass is 32.2. The summed E-state index contributed by atoms with van der Waals surface area (Å²) in [6, 6.07) is 26.9. The van der Waals surface area contributed by atoms with E-state index < -0.39 is 46.6 Å². The Labute approximate surface area is 224 Å². The molecule has 4 aromatic rings. The van der Waals surface area contributed by atoms with Gasteiger partial charge in [-0.1, -0.05) is 60.7 Å². The molecule has 0 amide bonds. The minimum Gasteiger partial charge on any atom is -0.454 e. The summed E-state index contributed by atoms with van der Waals surface area (Å²) < 4.78 is 36.7. The smallest absolute Gasteiger partial charge is 0.338 e. The van der Waals surface area contributed by atoms with E-state index >= 15 is 0 Å². The predicted molar refractivity (Wildman–Crippen MR) is 140 cm³/mol. The summed E-state index contributed by atoms with van der Waals surface area (Å²) in [6.07, 6.45) is 0. The highest BCUT2D eigenvalue weighted by Gasteiger charge is 2.22. The molecule has 0 bridgehead atoms. The van der Waals surface area contributed by atoms with Crippen molar-refractivity contribution in [2.45, 2.75) is 9.79 Å². The van der Waals surface area contributed by atoms with Crippen molar-refractivity contribution >= 4 is 33.3 Å². The summed E-state index contributed by atoms with van der Waals surface area (Å²) in [7, 11) is -4.12. The van der Waals surface area contributed by atoms with Crippen LogP contribution < -0.4 is 0 Å². The van der Waals surface area contributed by atoms with Gasteiger partial charge in [-0.2, -0.15) is 0 Å². The van der Waals surface area contributed by atoms with Crippen LogP contribution in [0.1, 0.15) is 41.4 Å². The van der Waals surface area contributed by atoms with Crippen molar-refractivity contribution in [2.75, 3.05) is 13.2 Å². The first-order valence-corrected chi connectivity index (χ1v) is 13.2. The fourth-order valence-electron chi connectivity index (χ4n) is 3.55. The minimum absolute atomic E-state index is 0.0389. The molecule has 0 radical (unpaired) electrons. The Kier molecular flexibility index (Phi) is 8.43. The molecule has 39 heavy (non-hydrogen) atoms. The number of ether oxygens (including phenoxy) is 2. The lowest BCUT2D eigenvalue weighted by Gasteiger charge is -2.09. The number of benzene rings is 4. The molecular weight excluding hydrogens is 520 g/mol. The van der Waals surface area contributed by atoms with Crippen LogP contribution in [0.5, 0.6) is 0 Å². The second kappa shape index (κ2) is 12.1. The van der Waals surface area contributed by atoms with Gasteiger partial charge in [0.05, 0.1) is 20.9 Å². The Morgan fingerprint density at radius 1 is 0.487 bits per heavy atom. The topological polar surface area (TPSA) is 121 Å². The van der Waals surface area contributed by atoms with Crippen molar-refractivity contribution in [1.29, 1.82) is 0 Å². The number of carbonyl (C=O) groups excluding carboxylic acids is 4. The first kappa shape index (κ1) is 27.2. The molecule has 0 spiro atoms. The zero-order valence-electron chi connectivity index (χ0n) is 20.5. The second-order valence-electron chi connectivity index (χ2n) is 8.29. The first-order valence-electron chi connectivity index (χ1n) is 11.7. The lowest BCUT2D eigenvalue weighted by atomic mass is 10.1. The molecule has 0 saturated carbocycles. The lowest BCUT2D eigenvalue weighted by Crippen LogP contribution is -2.15. The molecule has 196 valence electrons. The van der Waals surface area contributed by atoms with E-state index in [1.807, 2.05) is 0 Å². The predicted octanol–water partition coefficient (Wildman–Crippen LogP) is 4.60. The quantitative estimate of drug-likeness (QED) is 0.211. The molecule has 0 atom stereocenters. The van der Waals surface area contributed by atoms with Crippen molar-refractivity contribution in [1.82, 2.24) is 0 Å². The summed E-state index contributed by atoms with van der Waals surface area (Å²) in [6.45, 7) is -1.13. The summed E-state index contributed by atoms with van der Waals surface area (Å²) >= 11 is 0. The van der Waals surface area contributed by atoms with Gasteiger partial charge in [-0.05, 0) is 48.5 Å². The number of rotatable bonds is 10. The molecule has 0 aliphatic carbocycles. The Morgan fingerprint density at radius 2 is 0.846 bits per heavy atom. The molecule has 9 heteroatoms. The van der Waals surface area contributed by atoms with Crippen molar-refractivity contribution in [3.05, 3.63) is 131 Å². The van der Waals surface area contributed by atoms with Crippen LogP contribution in [0, 0.1) is 0 Å². The maximum atomic E-state index is 13.3. The van der Waals surface area contributed by atoms with Crippen molar-refractivity contribution < 1.29 is 37.1 Å². The standard InChI is InChI=1S/C30H22O8S/c31-27(19-37-29(33)21-9-3-1-4-10-21)23-13-7-15-25(17-23)39(35,36)26-16-8-14-24(18-26)28(32)20-38-30(34)22-11-5-2-6-12-22/h1-18H,19-20H2. The third-order valence-corrected chi connectivity index (χ3v) is 7.37. The maximum absolute atomic E-state index is 13.3. The van der Waals surface area contributed by atoms with E-state index in [9.17, 15) is 27.6 Å². The number of Topliss-reactive ketones (excluding diaryl/α,β-unsaturated/α-hetero) is 2. The van der Waals surface area contributed by atoms with Gasteiger partial charge in [0.1, 0.15) is 0 Å². The molecule has 0 N–H and O–H groups in total. The van der Waals surface area contributed by atoms with E-state index in [0.29, 0.717) is 0 Å². The summed E-state index contributed by atoms with van der Waals surface area (Å²) in [5.74, 6) is -2.52. The first-order chi connectivity index (χ1) is 18.8. The number of carbonyl (C=O) groups is 4. The Hall–Kier alpha value is -4.89. The highest BCUT2D eigenvalue weighted by Crippen LogP contribution is 2.23. The second-order valence-corrected chi connectivity index (χ2v) is 10.2. The van der Waals surface area contributed by atoms with Gasteiger partial charge in [-0.3, -0.25) is 9.59 Å². The van der Waals surface area contributed by atoms with Gasteiger partial charge in [0.15, 0.2) is 24.8 Å². The van der Waals surface area contributed by atoms with Gasteiger partial charge in [0.2, 0.25) is 9.84 Å². The summed E-state index contributed by atoms with van der Waals surface area (Å²) in [5.41, 5.74) is 0.644. The van der Waals surface area contributed by atoms with Crippen LogP contribution in [-0.4, -0.2) is 45.1 Å². The molecule has 0 aromatic heterocycles. The van der Waals surface area contributed by atoms with Gasteiger partial charge in [0, 0.05) is 11.1 Å². The van der Waals surface area contributed by atoms with Gasteiger partial charge in [-0.15, -0.1) is 0 Å². The van der Waals surface area contributed by atoms with E-state index in [4.69, 9.17) is 9.47 Å². The molecule has 4 aromatic carbocycles. The highest BCUT2D eigenvalue weighted by molar-refractivity contribution is 7.91. The maximum Gasteiger partial charge on any atom is 0.338 e. The van der Waals surface area contributed by atoms with E-state index in [1.54, 1.807) is 60.7 Å². The Bertz CT molecular complexity index is 1510. The average molecular weight is 543 g/mol. The number of hydrogen-bond donors (Lipinski definition) is 0. The molecule has 0 aliphatic rings. The monoisotopic (exact) mass is 542 g/mol. The molecular formula is C30H22O8S. The van der Waals surface area contributed by atoms with Crippen LogP contribution in [-0.2, 0) is 19.3 Å². The van der Waals surface area contributed by atoms with Crippen molar-refractivity contribution in [3.63, 3.8) is 0 Å². The van der Waals surface area contributed by atoms with Crippen LogP contribution in [0.4, 0.5) is 0 Å². The SMILES string of the molecule is O=C(COC(=O)c1ccccc1)c1cccc(S(=O)(=O)c2cccc(C(=O)COC(=O)c3ccccc3)c2)c1. The summed E-state index contributed by atoms with van der Waals surface area (Å²) in [5, 5.41) is 0. The van der Waals surface area contributed by atoms with Crippen LogP contribution in [0.25, 0.3) is 0 Å². The molecule has 0 saturated heterocycles. The number of ketones is 2. The van der Waals surface area contributed by atoms with Crippen LogP contribution in [0.3, 0.4) is 0 Å². The zero-order valence-corrected chi connectivity index (χ0v) is 21.3. The fourth-order valence-corrected chi connectivity index (χ4v) is 4.91. The lowest BCUT2D eigenvalue weighted by molar-refractivity contribution is 0.0472. The van der Waals surface area contributed by atoms with Crippen LogP contribution in [0.15, 0.2) is 119 Å². The molecule has 0 fully saturated rings. The van der Waals surface area contributed by atoms with Gasteiger partial charge in [-0.25, -0.2) is 18.0 Å². The Balaban J connectivity index is 1.45. The average Bonchev–Trinajstić information content (AvgIpc) is 2.99. The van der Waals surface area contributed by atoms with Crippen molar-refractivity contribution in [3.8, 4) is 0 Å². The third-order valence-electron chi connectivity index (χ3n) is 5.62. The molecule has 0 aliphatic heterocycles. The normalized spacial score (nSPS) is 10.9. The third kappa shape index (κ3) is 6.71. The van der Waals surface area contributed by atoms with Gasteiger partial charge < -0.3 is 9.47 Å². The summed E-state index contributed by atoms with van der Waals surface area (Å²) in [4.78, 5) is 49.1. The molecule has 0 heterocycles.